The molecule has 3 nitrogen and oxygen atoms in total. The van der Waals surface area contributed by atoms with E-state index in [1.165, 1.54) is 19.3 Å². The number of hydrogen-bond donors (Lipinski definition) is 1. The number of aryl methyl sites for hydroxylation is 2. The van der Waals surface area contributed by atoms with Gasteiger partial charge in [0.15, 0.2) is 0 Å². The molecule has 1 N–H and O–H groups in total. The normalized spacial score (nSPS) is 25.3. The molecule has 1 fully saturated rings. The number of rotatable bonds is 4. The van der Waals surface area contributed by atoms with Crippen molar-refractivity contribution in [2.75, 3.05) is 0 Å². The third kappa shape index (κ3) is 3.33. The highest BCUT2D eigenvalue weighted by molar-refractivity contribution is 5.24. The van der Waals surface area contributed by atoms with E-state index < -0.39 is 0 Å². The maximum absolute atomic E-state index is 10.7. The van der Waals surface area contributed by atoms with Crippen LogP contribution in [0.4, 0.5) is 0 Å². The lowest BCUT2D eigenvalue weighted by atomic mass is 9.76. The van der Waals surface area contributed by atoms with E-state index in [-0.39, 0.29) is 6.10 Å². The van der Waals surface area contributed by atoms with Crippen molar-refractivity contribution in [1.29, 1.82) is 0 Å². The molecular formula is C16H26N2O. The van der Waals surface area contributed by atoms with Crippen LogP contribution >= 0.6 is 0 Å². The third-order valence-corrected chi connectivity index (χ3v) is 4.53. The van der Waals surface area contributed by atoms with Crippen molar-refractivity contribution < 1.29 is 5.11 Å². The maximum Gasteiger partial charge on any atom is 0.0837 e. The van der Waals surface area contributed by atoms with Crippen LogP contribution in [-0.2, 0) is 6.42 Å². The Morgan fingerprint density at radius 3 is 2.79 bits per heavy atom. The molecule has 1 aromatic heterocycles. The summed E-state index contributed by atoms with van der Waals surface area (Å²) in [7, 11) is 0. The summed E-state index contributed by atoms with van der Waals surface area (Å²) in [6, 6.07) is 2.02. The third-order valence-electron chi connectivity index (χ3n) is 4.53. The van der Waals surface area contributed by atoms with Crippen LogP contribution in [0.1, 0.15) is 69.0 Å². The van der Waals surface area contributed by atoms with Crippen LogP contribution in [0.2, 0.25) is 0 Å². The molecule has 3 heteroatoms. The first-order valence-corrected chi connectivity index (χ1v) is 7.66. The highest BCUT2D eigenvalue weighted by Gasteiger charge is 2.29. The Labute approximate surface area is 116 Å². The zero-order valence-corrected chi connectivity index (χ0v) is 12.4. The minimum atomic E-state index is -0.363. The van der Waals surface area contributed by atoms with Gasteiger partial charge in [-0.2, -0.15) is 10.2 Å². The highest BCUT2D eigenvalue weighted by Crippen LogP contribution is 2.39. The topological polar surface area (TPSA) is 46.0 Å². The molecule has 1 aliphatic rings. The lowest BCUT2D eigenvalue weighted by Crippen LogP contribution is -2.22. The van der Waals surface area contributed by atoms with Gasteiger partial charge in [-0.3, -0.25) is 0 Å². The van der Waals surface area contributed by atoms with E-state index in [0.717, 1.165) is 42.1 Å². The van der Waals surface area contributed by atoms with Gasteiger partial charge in [0, 0.05) is 5.56 Å². The highest BCUT2D eigenvalue weighted by atomic mass is 16.3. The molecule has 3 atom stereocenters. The fraction of sp³-hybridized carbons (Fsp3) is 0.750. The fourth-order valence-electron chi connectivity index (χ4n) is 3.31. The van der Waals surface area contributed by atoms with E-state index in [2.05, 4.69) is 24.0 Å². The molecule has 2 rings (SSSR count). The first-order chi connectivity index (χ1) is 9.15. The molecule has 1 saturated carbocycles. The van der Waals surface area contributed by atoms with Crippen molar-refractivity contribution >= 4 is 0 Å². The van der Waals surface area contributed by atoms with E-state index in [1.54, 1.807) is 0 Å². The summed E-state index contributed by atoms with van der Waals surface area (Å²) in [6.07, 6.45) is 6.58. The Morgan fingerprint density at radius 2 is 2.11 bits per heavy atom. The first kappa shape index (κ1) is 14.4. The van der Waals surface area contributed by atoms with Gasteiger partial charge in [-0.25, -0.2) is 0 Å². The van der Waals surface area contributed by atoms with Crippen LogP contribution in [0.3, 0.4) is 0 Å². The zero-order chi connectivity index (χ0) is 13.8. The average molecular weight is 262 g/mol. The first-order valence-electron chi connectivity index (χ1n) is 7.66. The van der Waals surface area contributed by atoms with Gasteiger partial charge in [0.1, 0.15) is 0 Å². The Kier molecular flexibility index (Phi) is 4.92. The molecule has 0 aliphatic heterocycles. The smallest absolute Gasteiger partial charge is 0.0837 e. The molecule has 3 unspecified atom stereocenters. The predicted octanol–water partition coefficient (Wildman–Crippen LogP) is 3.60. The molecule has 106 valence electrons. The minimum Gasteiger partial charge on any atom is -0.388 e. The van der Waals surface area contributed by atoms with Crippen molar-refractivity contribution in [1.82, 2.24) is 10.2 Å². The minimum absolute atomic E-state index is 0.363. The van der Waals surface area contributed by atoms with Crippen LogP contribution in [0.5, 0.6) is 0 Å². The van der Waals surface area contributed by atoms with E-state index >= 15 is 0 Å². The van der Waals surface area contributed by atoms with E-state index in [1.807, 2.05) is 13.0 Å². The molecule has 0 aromatic carbocycles. The molecule has 0 saturated heterocycles. The second-order valence-corrected chi connectivity index (χ2v) is 5.89. The van der Waals surface area contributed by atoms with Crippen molar-refractivity contribution in [2.24, 2.45) is 11.8 Å². The average Bonchev–Trinajstić information content (AvgIpc) is 2.46. The number of hydrogen-bond acceptors (Lipinski definition) is 3. The van der Waals surface area contributed by atoms with Gasteiger partial charge in [0.25, 0.3) is 0 Å². The SMILES string of the molecule is CCc1nnc(C)cc1C(O)C1CCCC(CC)C1. The fourth-order valence-corrected chi connectivity index (χ4v) is 3.31. The number of aromatic nitrogens is 2. The lowest BCUT2D eigenvalue weighted by molar-refractivity contribution is 0.0666. The van der Waals surface area contributed by atoms with Gasteiger partial charge in [-0.1, -0.05) is 33.1 Å². The van der Waals surface area contributed by atoms with E-state index in [0.29, 0.717) is 5.92 Å². The molecule has 0 amide bonds. The van der Waals surface area contributed by atoms with Gasteiger partial charge in [0.2, 0.25) is 0 Å². The van der Waals surface area contributed by atoms with Crippen LogP contribution < -0.4 is 0 Å². The summed E-state index contributed by atoms with van der Waals surface area (Å²) in [5.74, 6) is 1.18. The predicted molar refractivity (Wildman–Crippen MR) is 76.8 cm³/mol. The van der Waals surface area contributed by atoms with Gasteiger partial charge >= 0.3 is 0 Å². The van der Waals surface area contributed by atoms with Crippen LogP contribution in [0.15, 0.2) is 6.07 Å². The molecule has 19 heavy (non-hydrogen) atoms. The quantitative estimate of drug-likeness (QED) is 0.901. The number of aliphatic hydroxyl groups excluding tert-OH is 1. The molecule has 0 bridgehead atoms. The summed E-state index contributed by atoms with van der Waals surface area (Å²) >= 11 is 0. The summed E-state index contributed by atoms with van der Waals surface area (Å²) in [5.41, 5.74) is 2.86. The maximum atomic E-state index is 10.7. The van der Waals surface area contributed by atoms with Crippen molar-refractivity contribution in [2.45, 2.75) is 65.4 Å². The van der Waals surface area contributed by atoms with Crippen LogP contribution in [0, 0.1) is 18.8 Å². The number of nitrogens with zero attached hydrogens (tertiary/aromatic N) is 2. The van der Waals surface area contributed by atoms with Crippen LogP contribution in [0.25, 0.3) is 0 Å². The van der Waals surface area contributed by atoms with Gasteiger partial charge in [-0.15, -0.1) is 0 Å². The summed E-state index contributed by atoms with van der Waals surface area (Å²) in [5, 5.41) is 19.1. The summed E-state index contributed by atoms with van der Waals surface area (Å²) < 4.78 is 0. The van der Waals surface area contributed by atoms with Crippen molar-refractivity contribution in [3.8, 4) is 0 Å². The molecule has 0 spiro atoms. The van der Waals surface area contributed by atoms with E-state index in [9.17, 15) is 5.11 Å². The Bertz CT molecular complexity index is 419. The largest absolute Gasteiger partial charge is 0.388 e. The monoisotopic (exact) mass is 262 g/mol. The van der Waals surface area contributed by atoms with Crippen LogP contribution in [-0.4, -0.2) is 15.3 Å². The van der Waals surface area contributed by atoms with Gasteiger partial charge in [-0.05, 0) is 44.1 Å². The Balaban J connectivity index is 2.18. The van der Waals surface area contributed by atoms with E-state index in [4.69, 9.17) is 0 Å². The van der Waals surface area contributed by atoms with Gasteiger partial charge < -0.3 is 5.11 Å². The molecule has 1 aromatic rings. The zero-order valence-electron chi connectivity index (χ0n) is 12.4. The Hall–Kier alpha value is -0.960. The molecule has 0 radical (unpaired) electrons. The van der Waals surface area contributed by atoms with Gasteiger partial charge in [0.05, 0.1) is 17.5 Å². The molecule has 1 heterocycles. The summed E-state index contributed by atoms with van der Waals surface area (Å²) in [6.45, 7) is 6.28. The van der Waals surface area contributed by atoms with Crippen molar-refractivity contribution in [3.05, 3.63) is 23.0 Å². The Morgan fingerprint density at radius 1 is 1.32 bits per heavy atom. The molecule has 1 aliphatic carbocycles. The second kappa shape index (κ2) is 6.47. The summed E-state index contributed by atoms with van der Waals surface area (Å²) in [4.78, 5) is 0. The standard InChI is InChI=1S/C16H26N2O/c1-4-12-7-6-8-13(10-12)16(19)14-9-11(3)17-18-15(14)5-2/h9,12-13,16,19H,4-8,10H2,1-3H3. The van der Waals surface area contributed by atoms with Crippen molar-refractivity contribution in [3.63, 3.8) is 0 Å². The lowest BCUT2D eigenvalue weighted by Gasteiger charge is -2.32. The molecular weight excluding hydrogens is 236 g/mol. The number of aliphatic hydroxyl groups is 1. The second-order valence-electron chi connectivity index (χ2n) is 5.89.